The van der Waals surface area contributed by atoms with Gasteiger partial charge in [0.25, 0.3) is 0 Å². The summed E-state index contributed by atoms with van der Waals surface area (Å²) in [6, 6.07) is 15.0. The van der Waals surface area contributed by atoms with Crippen LogP contribution in [0.15, 0.2) is 48.5 Å². The van der Waals surface area contributed by atoms with E-state index in [1.54, 1.807) is 12.1 Å². The van der Waals surface area contributed by atoms with Crippen molar-refractivity contribution >= 4 is 5.69 Å². The lowest BCUT2D eigenvalue weighted by molar-refractivity contribution is -0.00000457. The van der Waals surface area contributed by atoms with Gasteiger partial charge >= 0.3 is 0 Å². The molecule has 0 bridgehead atoms. The summed E-state index contributed by atoms with van der Waals surface area (Å²) in [6.07, 6.45) is 0. The second-order valence-electron chi connectivity index (χ2n) is 4.79. The fourth-order valence-corrected chi connectivity index (χ4v) is 1.87. The molecule has 0 heterocycles. The molecule has 0 atom stereocenters. The van der Waals surface area contributed by atoms with E-state index in [1.165, 1.54) is 23.4 Å². The average molecular weight is 294 g/mol. The fourth-order valence-electron chi connectivity index (χ4n) is 1.87. The van der Waals surface area contributed by atoms with Crippen LogP contribution in [0.3, 0.4) is 0 Å². The maximum atomic E-state index is 12.8. The van der Waals surface area contributed by atoms with Gasteiger partial charge in [-0.05, 0) is 35.4 Å². The first-order valence-electron chi connectivity index (χ1n) is 6.36. The monoisotopic (exact) mass is 293 g/mol. The predicted molar refractivity (Wildman–Crippen MR) is 77.7 cm³/mol. The molecule has 1 N–H and O–H groups in total. The van der Waals surface area contributed by atoms with Crippen LogP contribution in [-0.2, 0) is 13.1 Å². The molecule has 0 fully saturated rings. The van der Waals surface area contributed by atoms with E-state index < -0.39 is 0 Å². The first kappa shape index (κ1) is 16.5. The Labute approximate surface area is 126 Å². The molecule has 108 valence electrons. The van der Waals surface area contributed by atoms with Crippen LogP contribution in [0, 0.1) is 5.82 Å². The Hall–Kier alpha value is -1.58. The number of anilines is 1. The Morgan fingerprint density at radius 2 is 1.30 bits per heavy atom. The third-order valence-corrected chi connectivity index (χ3v) is 3.02. The van der Waals surface area contributed by atoms with Crippen LogP contribution in [0.2, 0.25) is 0 Å². The fraction of sp³-hybridized carbons (Fsp3) is 0.250. The van der Waals surface area contributed by atoms with Crippen molar-refractivity contribution < 1.29 is 16.8 Å². The summed E-state index contributed by atoms with van der Waals surface area (Å²) < 4.78 is 12.8. The number of hydrogen-bond acceptors (Lipinski definition) is 2. The molecule has 2 nitrogen and oxygen atoms in total. The number of rotatable bonds is 5. The van der Waals surface area contributed by atoms with Gasteiger partial charge in [0.15, 0.2) is 0 Å². The summed E-state index contributed by atoms with van der Waals surface area (Å²) in [5, 5.41) is 3.35. The van der Waals surface area contributed by atoms with Gasteiger partial charge in [-0.1, -0.05) is 24.3 Å². The minimum Gasteiger partial charge on any atom is -1.00 e. The summed E-state index contributed by atoms with van der Waals surface area (Å²) in [7, 11) is 4.06. The van der Waals surface area contributed by atoms with Crippen LogP contribution in [0.4, 0.5) is 10.1 Å². The molecule has 0 saturated heterocycles. The molecule has 0 aliphatic rings. The number of hydrogen-bond donors (Lipinski definition) is 1. The number of halogens is 2. The van der Waals surface area contributed by atoms with E-state index >= 15 is 0 Å². The van der Waals surface area contributed by atoms with E-state index in [9.17, 15) is 4.39 Å². The molecular formula is C16H19ClFN2-. The molecule has 0 saturated carbocycles. The minimum absolute atomic E-state index is 0. The molecular weight excluding hydrogens is 275 g/mol. The van der Waals surface area contributed by atoms with Crippen LogP contribution in [0.1, 0.15) is 11.1 Å². The number of benzene rings is 2. The zero-order chi connectivity index (χ0) is 13.7. The molecule has 0 spiro atoms. The molecule has 0 aliphatic carbocycles. The molecule has 0 unspecified atom stereocenters. The quantitative estimate of drug-likeness (QED) is 0.846. The lowest BCUT2D eigenvalue weighted by Crippen LogP contribution is -3.00. The van der Waals surface area contributed by atoms with Crippen molar-refractivity contribution in [2.45, 2.75) is 13.1 Å². The van der Waals surface area contributed by atoms with Gasteiger partial charge in [-0.3, -0.25) is 0 Å². The van der Waals surface area contributed by atoms with E-state index in [0.29, 0.717) is 0 Å². The van der Waals surface area contributed by atoms with Gasteiger partial charge in [0.1, 0.15) is 5.82 Å². The summed E-state index contributed by atoms with van der Waals surface area (Å²) in [5.74, 6) is -0.192. The van der Waals surface area contributed by atoms with Crippen molar-refractivity contribution in [3.63, 3.8) is 0 Å². The van der Waals surface area contributed by atoms with E-state index in [1.807, 2.05) is 14.1 Å². The lowest BCUT2D eigenvalue weighted by Gasteiger charge is -2.13. The van der Waals surface area contributed by atoms with Gasteiger partial charge in [0.05, 0.1) is 0 Å². The molecule has 2 aromatic rings. The predicted octanol–water partition coefficient (Wildman–Crippen LogP) is 0.185. The molecule has 2 aromatic carbocycles. The van der Waals surface area contributed by atoms with Crippen LogP contribution in [-0.4, -0.2) is 14.1 Å². The van der Waals surface area contributed by atoms with Crippen molar-refractivity contribution in [3.8, 4) is 0 Å². The summed E-state index contributed by atoms with van der Waals surface area (Å²) in [5.41, 5.74) is 3.53. The Bertz CT molecular complexity index is 509. The van der Waals surface area contributed by atoms with Gasteiger partial charge in [-0.2, -0.15) is 0 Å². The lowest BCUT2D eigenvalue weighted by atomic mass is 10.2. The second kappa shape index (κ2) is 7.88. The molecule has 20 heavy (non-hydrogen) atoms. The van der Waals surface area contributed by atoms with Crippen molar-refractivity contribution in [1.82, 2.24) is 5.32 Å². The third kappa shape index (κ3) is 4.83. The average Bonchev–Trinajstić information content (AvgIpc) is 2.41. The van der Waals surface area contributed by atoms with Crippen molar-refractivity contribution in [3.05, 3.63) is 65.5 Å². The highest BCUT2D eigenvalue weighted by Crippen LogP contribution is 2.12. The molecule has 0 radical (unpaired) electrons. The largest absolute Gasteiger partial charge is 1.00 e. The van der Waals surface area contributed by atoms with Crippen molar-refractivity contribution in [2.75, 3.05) is 19.0 Å². The van der Waals surface area contributed by atoms with Gasteiger partial charge in [0, 0.05) is 32.9 Å². The Kier molecular flexibility index (Phi) is 6.49. The van der Waals surface area contributed by atoms with Crippen LogP contribution < -0.4 is 22.6 Å². The molecule has 0 amide bonds. The first-order valence-corrected chi connectivity index (χ1v) is 6.36. The highest BCUT2D eigenvalue weighted by atomic mass is 35.5. The third-order valence-electron chi connectivity index (χ3n) is 3.02. The zero-order valence-electron chi connectivity index (χ0n) is 11.7. The minimum atomic E-state index is -0.192. The Morgan fingerprint density at radius 3 is 1.75 bits per heavy atom. The van der Waals surface area contributed by atoms with Crippen LogP contribution >= 0.6 is 0 Å². The maximum absolute atomic E-state index is 12.8. The van der Waals surface area contributed by atoms with E-state index in [2.05, 4.69) is 34.5 Å². The summed E-state index contributed by atoms with van der Waals surface area (Å²) in [4.78, 5) is 2.08. The highest BCUT2D eigenvalue weighted by molar-refractivity contribution is 5.45. The van der Waals surface area contributed by atoms with E-state index in [0.717, 1.165) is 18.7 Å². The van der Waals surface area contributed by atoms with Gasteiger partial charge in [0.2, 0.25) is 0 Å². The summed E-state index contributed by atoms with van der Waals surface area (Å²) in [6.45, 7) is 1.56. The number of nitrogens with one attached hydrogen (secondary N) is 1. The topological polar surface area (TPSA) is 15.3 Å². The normalized spacial score (nSPS) is 9.95. The standard InChI is InChI=1S/C16H19FN2.ClH/c1-19(2)16-9-5-14(6-10-16)12-18-11-13-3-7-15(17)8-4-13;/h3-10,18H,11-12H2,1-2H3;1H/p-1. The zero-order valence-corrected chi connectivity index (χ0v) is 12.5. The van der Waals surface area contributed by atoms with Crippen molar-refractivity contribution in [2.24, 2.45) is 0 Å². The van der Waals surface area contributed by atoms with Crippen LogP contribution in [0.25, 0.3) is 0 Å². The SMILES string of the molecule is CN(C)c1ccc(CNCc2ccc(F)cc2)cc1.[Cl-]. The molecule has 0 aromatic heterocycles. The highest BCUT2D eigenvalue weighted by Gasteiger charge is 1.97. The molecule has 0 aliphatic heterocycles. The Balaban J connectivity index is 0.00000200. The number of nitrogens with zero attached hydrogens (tertiary/aromatic N) is 1. The van der Waals surface area contributed by atoms with Crippen molar-refractivity contribution in [1.29, 1.82) is 0 Å². The Morgan fingerprint density at radius 1 is 0.850 bits per heavy atom. The second-order valence-corrected chi connectivity index (χ2v) is 4.79. The molecule has 2 rings (SSSR count). The first-order chi connectivity index (χ1) is 9.15. The molecule has 4 heteroatoms. The van der Waals surface area contributed by atoms with Gasteiger partial charge in [-0.15, -0.1) is 0 Å². The van der Waals surface area contributed by atoms with E-state index in [-0.39, 0.29) is 18.2 Å². The van der Waals surface area contributed by atoms with Crippen LogP contribution in [0.5, 0.6) is 0 Å². The van der Waals surface area contributed by atoms with Gasteiger partial charge < -0.3 is 22.6 Å². The van der Waals surface area contributed by atoms with Gasteiger partial charge in [-0.25, -0.2) is 4.39 Å². The maximum Gasteiger partial charge on any atom is 0.123 e. The summed E-state index contributed by atoms with van der Waals surface area (Å²) >= 11 is 0. The smallest absolute Gasteiger partial charge is 0.123 e. The van der Waals surface area contributed by atoms with E-state index in [4.69, 9.17) is 0 Å².